The Morgan fingerprint density at radius 2 is 1.07 bits per heavy atom. The van der Waals surface area contributed by atoms with Crippen LogP contribution in [0.25, 0.3) is 0 Å². The van der Waals surface area contributed by atoms with E-state index in [4.69, 9.17) is 23.8 Å². The Labute approximate surface area is 310 Å². The molecule has 0 radical (unpaired) electrons. The summed E-state index contributed by atoms with van der Waals surface area (Å²) in [5.41, 5.74) is 0. The number of imide groups is 1. The van der Waals surface area contributed by atoms with Gasteiger partial charge in [-0.25, -0.2) is 4.79 Å². The number of carbonyl (C=O) groups is 6. The van der Waals surface area contributed by atoms with Gasteiger partial charge in [0.1, 0.15) is 36.6 Å². The zero-order valence-corrected chi connectivity index (χ0v) is 30.2. The first-order valence-electron chi connectivity index (χ1n) is 17.8. The Morgan fingerprint density at radius 1 is 0.648 bits per heavy atom. The molecule has 0 aliphatic carbocycles. The predicted octanol–water partition coefficient (Wildman–Crippen LogP) is -5.51. The molecule has 308 valence electrons. The summed E-state index contributed by atoms with van der Waals surface area (Å²) in [4.78, 5) is 79.4. The van der Waals surface area contributed by atoms with Crippen molar-refractivity contribution in [2.75, 3.05) is 52.5 Å². The number of nitrogens with one attached hydrogen (secondary N) is 3. The van der Waals surface area contributed by atoms with Crippen LogP contribution in [-0.2, 0) is 52.6 Å². The van der Waals surface area contributed by atoms with Gasteiger partial charge < -0.3 is 70.4 Å². The molecule has 0 unspecified atom stereocenters. The first-order chi connectivity index (χ1) is 25.6. The van der Waals surface area contributed by atoms with Crippen molar-refractivity contribution in [2.24, 2.45) is 0 Å². The van der Waals surface area contributed by atoms with Crippen LogP contribution in [0.1, 0.15) is 52.4 Å². The summed E-state index contributed by atoms with van der Waals surface area (Å²) in [5, 5.41) is 67.9. The maximum Gasteiger partial charge on any atom is 0.333 e. The van der Waals surface area contributed by atoms with Gasteiger partial charge >= 0.3 is 5.97 Å². The molecule has 54 heavy (non-hydrogen) atoms. The van der Waals surface area contributed by atoms with Crippen LogP contribution >= 0.6 is 0 Å². The number of hydrogen-bond acceptors (Lipinski definition) is 18. The Bertz CT molecular complexity index is 1210. The zero-order chi connectivity index (χ0) is 39.9. The molecule has 9 N–H and O–H groups in total. The summed E-state index contributed by atoms with van der Waals surface area (Å²) in [6, 6.07) is 0. The number of aliphatic hydroxyl groups excluding tert-OH is 6. The van der Waals surface area contributed by atoms with Crippen LogP contribution in [0.5, 0.6) is 0 Å². The summed E-state index contributed by atoms with van der Waals surface area (Å²) >= 11 is 0. The van der Waals surface area contributed by atoms with Gasteiger partial charge in [0.15, 0.2) is 12.6 Å². The molecule has 3 saturated heterocycles. The molecule has 3 heterocycles. The number of carbonyl (C=O) groups excluding carboxylic acids is 6. The van der Waals surface area contributed by atoms with Crippen molar-refractivity contribution >= 4 is 35.5 Å². The van der Waals surface area contributed by atoms with E-state index in [0.29, 0.717) is 24.3 Å². The summed E-state index contributed by atoms with van der Waals surface area (Å²) in [7, 11) is 0. The number of amides is 5. The van der Waals surface area contributed by atoms with E-state index in [0.717, 1.165) is 0 Å². The van der Waals surface area contributed by atoms with Crippen LogP contribution in [0.15, 0.2) is 0 Å². The molecule has 10 atom stereocenters. The van der Waals surface area contributed by atoms with Gasteiger partial charge in [0, 0.05) is 38.9 Å². The van der Waals surface area contributed by atoms with Gasteiger partial charge in [0.2, 0.25) is 17.7 Å². The third-order valence-electron chi connectivity index (χ3n) is 8.71. The Kier molecular flexibility index (Phi) is 18.5. The quantitative estimate of drug-likeness (QED) is 0.0388. The fourth-order valence-electron chi connectivity index (χ4n) is 5.58. The van der Waals surface area contributed by atoms with Gasteiger partial charge in [0.05, 0.1) is 45.1 Å². The summed E-state index contributed by atoms with van der Waals surface area (Å²) < 4.78 is 21.5. The van der Waals surface area contributed by atoms with Crippen molar-refractivity contribution in [3.05, 3.63) is 0 Å². The second kappa shape index (κ2) is 22.2. The second-order valence-corrected chi connectivity index (χ2v) is 13.2. The van der Waals surface area contributed by atoms with Crippen LogP contribution in [0.3, 0.4) is 0 Å². The standard InChI is InChI=1S/C32H53N5O17/c1-17-25(44)27(46)29(48)31(52-17)50-12-10-34-20(39)15-36(16-21(40)35-11-13-51-32-30(49)28(47)26(45)18(2)53-32)14-19(38)33-9-5-3-4-6-24(43)54-37-22(41)7-8-23(37)42/h17-18,25-32,44-49H,3-16H2,1-2H3,(H,33,38)(H,34,39)(H,35,40)/t17-,18-,25+,26+,27+,28+,29-,30-,31+,32+/m0/s1. The van der Waals surface area contributed by atoms with E-state index in [-0.39, 0.29) is 58.7 Å². The van der Waals surface area contributed by atoms with Crippen molar-refractivity contribution in [1.82, 2.24) is 25.9 Å². The van der Waals surface area contributed by atoms with Crippen molar-refractivity contribution < 1.29 is 83.2 Å². The number of aliphatic hydroxyl groups is 6. The minimum atomic E-state index is -1.52. The lowest BCUT2D eigenvalue weighted by Gasteiger charge is -2.38. The fraction of sp³-hybridized carbons (Fsp3) is 0.812. The summed E-state index contributed by atoms with van der Waals surface area (Å²) in [5.74, 6) is -3.55. The largest absolute Gasteiger partial charge is 0.388 e. The minimum absolute atomic E-state index is 0.00960. The van der Waals surface area contributed by atoms with Crippen molar-refractivity contribution in [3.8, 4) is 0 Å². The van der Waals surface area contributed by atoms with E-state index in [1.165, 1.54) is 18.7 Å². The van der Waals surface area contributed by atoms with Crippen molar-refractivity contribution in [3.63, 3.8) is 0 Å². The molecule has 22 heteroatoms. The molecule has 0 aromatic heterocycles. The van der Waals surface area contributed by atoms with Crippen molar-refractivity contribution in [1.29, 1.82) is 0 Å². The van der Waals surface area contributed by atoms with Gasteiger partial charge in [-0.15, -0.1) is 5.06 Å². The van der Waals surface area contributed by atoms with E-state index >= 15 is 0 Å². The highest BCUT2D eigenvalue weighted by Gasteiger charge is 2.43. The van der Waals surface area contributed by atoms with E-state index in [1.54, 1.807) is 0 Å². The molecule has 22 nitrogen and oxygen atoms in total. The van der Waals surface area contributed by atoms with Gasteiger partial charge in [-0.3, -0.25) is 28.9 Å². The van der Waals surface area contributed by atoms with Crippen LogP contribution in [0, 0.1) is 0 Å². The Hall–Kier alpha value is -3.42. The topological polar surface area (TPSA) is 313 Å². The maximum atomic E-state index is 12.8. The van der Waals surface area contributed by atoms with E-state index in [2.05, 4.69) is 16.0 Å². The Balaban J connectivity index is 1.41. The van der Waals surface area contributed by atoms with E-state index < -0.39 is 110 Å². The fourth-order valence-corrected chi connectivity index (χ4v) is 5.58. The number of hydrogen-bond donors (Lipinski definition) is 9. The molecule has 0 aromatic rings. The van der Waals surface area contributed by atoms with Gasteiger partial charge in [-0.05, 0) is 26.7 Å². The number of ether oxygens (including phenoxy) is 4. The van der Waals surface area contributed by atoms with Crippen LogP contribution in [0.2, 0.25) is 0 Å². The van der Waals surface area contributed by atoms with Crippen LogP contribution in [-0.4, -0.2) is 190 Å². The molecule has 3 aliphatic rings. The summed E-state index contributed by atoms with van der Waals surface area (Å²) in [6.45, 7) is 1.59. The predicted molar refractivity (Wildman–Crippen MR) is 178 cm³/mol. The highest BCUT2D eigenvalue weighted by molar-refractivity contribution is 6.01. The minimum Gasteiger partial charge on any atom is -0.388 e. The van der Waals surface area contributed by atoms with Gasteiger partial charge in [0.25, 0.3) is 11.8 Å². The smallest absolute Gasteiger partial charge is 0.333 e. The molecule has 0 saturated carbocycles. The molecule has 3 aliphatic heterocycles. The first kappa shape index (κ1) is 45.0. The molecule has 5 amide bonds. The molecule has 0 bridgehead atoms. The molecular formula is C32H53N5O17. The molecule has 3 fully saturated rings. The molecule has 0 aromatic carbocycles. The third kappa shape index (κ3) is 14.0. The summed E-state index contributed by atoms with van der Waals surface area (Å²) in [6.07, 6.45) is -11.5. The third-order valence-corrected chi connectivity index (χ3v) is 8.71. The highest BCUT2D eigenvalue weighted by Crippen LogP contribution is 2.22. The first-order valence-corrected chi connectivity index (χ1v) is 17.8. The van der Waals surface area contributed by atoms with E-state index in [9.17, 15) is 59.4 Å². The van der Waals surface area contributed by atoms with Gasteiger partial charge in [-0.1, -0.05) is 6.42 Å². The lowest BCUT2D eigenvalue weighted by atomic mass is 10.0. The van der Waals surface area contributed by atoms with Gasteiger partial charge in [-0.2, -0.15) is 0 Å². The normalized spacial score (nSPS) is 30.0. The lowest BCUT2D eigenvalue weighted by Crippen LogP contribution is -2.57. The number of hydroxylamine groups is 2. The maximum absolute atomic E-state index is 12.8. The van der Waals surface area contributed by atoms with Crippen LogP contribution < -0.4 is 16.0 Å². The number of nitrogens with zero attached hydrogens (tertiary/aromatic N) is 2. The van der Waals surface area contributed by atoms with E-state index in [1.807, 2.05) is 0 Å². The average Bonchev–Trinajstić information content (AvgIpc) is 3.44. The highest BCUT2D eigenvalue weighted by atomic mass is 16.7. The zero-order valence-electron chi connectivity index (χ0n) is 30.2. The molecule has 0 spiro atoms. The van der Waals surface area contributed by atoms with Crippen molar-refractivity contribution in [2.45, 2.75) is 114 Å². The molecule has 3 rings (SSSR count). The molecular weight excluding hydrogens is 726 g/mol. The average molecular weight is 780 g/mol. The SMILES string of the molecule is C[C@@H]1O[C@@H](OCCNC(=O)CN(CC(=O)NCCCCCC(=O)ON2C(=O)CCC2=O)CC(=O)NCCO[C@@H]2O[C@@H](C)[C@@H](O)[C@@H](O)[C@@H]2O)[C@@H](O)[C@H](O)[C@@H]1O. The number of unbranched alkanes of at least 4 members (excludes halogenated alkanes) is 2. The monoisotopic (exact) mass is 779 g/mol. The Morgan fingerprint density at radius 3 is 1.52 bits per heavy atom. The number of rotatable bonds is 21. The lowest BCUT2D eigenvalue weighted by molar-refractivity contribution is -0.292. The van der Waals surface area contributed by atoms with Crippen LogP contribution in [0.4, 0.5) is 0 Å². The second-order valence-electron chi connectivity index (χ2n) is 13.2.